The van der Waals surface area contributed by atoms with Crippen LogP contribution in [0.3, 0.4) is 0 Å². The van der Waals surface area contributed by atoms with Crippen LogP contribution in [0.5, 0.6) is 0 Å². The van der Waals surface area contributed by atoms with Gasteiger partial charge in [-0.05, 0) is 60.9 Å². The first-order valence-electron chi connectivity index (χ1n) is 8.10. The summed E-state index contributed by atoms with van der Waals surface area (Å²) in [6, 6.07) is 23.6. The minimum absolute atomic E-state index is 0.666. The van der Waals surface area contributed by atoms with E-state index in [1.54, 1.807) is 11.8 Å². The van der Waals surface area contributed by atoms with Crippen LogP contribution in [0.4, 0.5) is 5.69 Å². The smallest absolute Gasteiger partial charge is 0.0714 e. The molecule has 3 aromatic rings. The van der Waals surface area contributed by atoms with Gasteiger partial charge in [-0.25, -0.2) is 4.99 Å². The van der Waals surface area contributed by atoms with Crippen molar-refractivity contribution in [2.75, 3.05) is 0 Å². The Hall–Kier alpha value is -2.00. The molecule has 3 rings (SSSR count). The number of hydrogen-bond donors (Lipinski definition) is 0. The van der Waals surface area contributed by atoms with Gasteiger partial charge in [-0.1, -0.05) is 70.9 Å². The summed E-state index contributed by atoms with van der Waals surface area (Å²) in [6.45, 7) is 2.08. The Kier molecular flexibility index (Phi) is 6.56. The maximum atomic E-state index is 6.08. The van der Waals surface area contributed by atoms with Gasteiger partial charge in [0.25, 0.3) is 0 Å². The lowest BCUT2D eigenvalue weighted by atomic mass is 10.1. The number of thioether (sulfide) groups is 1. The van der Waals surface area contributed by atoms with E-state index in [4.69, 9.17) is 28.2 Å². The first kappa shape index (κ1) is 18.8. The van der Waals surface area contributed by atoms with Crippen LogP contribution in [-0.4, -0.2) is 5.71 Å². The number of aliphatic imine (C=N–C) groups is 1. The second-order valence-electron chi connectivity index (χ2n) is 5.72. The van der Waals surface area contributed by atoms with Crippen LogP contribution in [-0.2, 0) is 0 Å². The number of allylic oxidation sites excluding steroid dienone is 1. The SMILES string of the molecule is Cc1ccc(S/C=C/C(=Nc2cccc(Cl)c2)c2ccc(Cl)cc2)cc1. The Morgan fingerprint density at radius 2 is 1.62 bits per heavy atom. The van der Waals surface area contributed by atoms with Crippen molar-refractivity contribution in [3.8, 4) is 0 Å². The Morgan fingerprint density at radius 3 is 2.31 bits per heavy atom. The molecule has 0 unspecified atom stereocenters. The molecule has 0 aromatic heterocycles. The highest BCUT2D eigenvalue weighted by atomic mass is 35.5. The van der Waals surface area contributed by atoms with E-state index in [1.165, 1.54) is 10.5 Å². The normalized spacial score (nSPS) is 11.9. The number of rotatable bonds is 5. The molecule has 0 aliphatic heterocycles. The molecule has 0 amide bonds. The summed E-state index contributed by atoms with van der Waals surface area (Å²) < 4.78 is 0. The Bertz CT molecular complexity index is 929. The van der Waals surface area contributed by atoms with Crippen molar-refractivity contribution in [1.82, 2.24) is 0 Å². The van der Waals surface area contributed by atoms with Gasteiger partial charge in [0, 0.05) is 20.5 Å². The minimum Gasteiger partial charge on any atom is -0.248 e. The summed E-state index contributed by atoms with van der Waals surface area (Å²) in [5.41, 5.74) is 3.91. The molecule has 0 saturated carbocycles. The van der Waals surface area contributed by atoms with Crippen LogP contribution in [0, 0.1) is 6.92 Å². The molecule has 0 radical (unpaired) electrons. The van der Waals surface area contributed by atoms with E-state index in [-0.39, 0.29) is 0 Å². The fourth-order valence-electron chi connectivity index (χ4n) is 2.30. The summed E-state index contributed by atoms with van der Waals surface area (Å²) >= 11 is 13.8. The van der Waals surface area contributed by atoms with E-state index in [9.17, 15) is 0 Å². The van der Waals surface area contributed by atoms with E-state index in [0.717, 1.165) is 17.0 Å². The lowest BCUT2D eigenvalue weighted by molar-refractivity contribution is 1.38. The molecule has 3 aromatic carbocycles. The first-order valence-corrected chi connectivity index (χ1v) is 9.74. The number of aryl methyl sites for hydroxylation is 1. The third-order valence-corrected chi connectivity index (χ3v) is 4.95. The highest BCUT2D eigenvalue weighted by molar-refractivity contribution is 8.02. The Balaban J connectivity index is 1.88. The van der Waals surface area contributed by atoms with Crippen LogP contribution >= 0.6 is 35.0 Å². The molecule has 0 aliphatic rings. The van der Waals surface area contributed by atoms with Gasteiger partial charge in [-0.15, -0.1) is 0 Å². The van der Waals surface area contributed by atoms with Crippen LogP contribution in [0.25, 0.3) is 0 Å². The molecule has 0 aliphatic carbocycles. The Labute approximate surface area is 168 Å². The van der Waals surface area contributed by atoms with Crippen molar-refractivity contribution in [1.29, 1.82) is 0 Å². The highest BCUT2D eigenvalue weighted by Crippen LogP contribution is 2.23. The maximum Gasteiger partial charge on any atom is 0.0714 e. The third-order valence-electron chi connectivity index (χ3n) is 3.65. The van der Waals surface area contributed by atoms with Gasteiger partial charge in [0.15, 0.2) is 0 Å². The van der Waals surface area contributed by atoms with Crippen LogP contribution < -0.4 is 0 Å². The van der Waals surface area contributed by atoms with Crippen LogP contribution in [0.2, 0.25) is 10.0 Å². The largest absolute Gasteiger partial charge is 0.248 e. The Morgan fingerprint density at radius 1 is 0.885 bits per heavy atom. The van der Waals surface area contributed by atoms with E-state index in [2.05, 4.69) is 31.2 Å². The summed E-state index contributed by atoms with van der Waals surface area (Å²) in [6.07, 6.45) is 2.01. The van der Waals surface area contributed by atoms with Gasteiger partial charge >= 0.3 is 0 Å². The maximum absolute atomic E-state index is 6.08. The molecule has 0 N–H and O–H groups in total. The standard InChI is InChI=1S/C22H17Cl2NS/c1-16-5-11-21(12-6-16)26-14-13-22(17-7-9-18(23)10-8-17)25-20-4-2-3-19(24)15-20/h2-15H,1H3/b14-13+,25-22?. The second kappa shape index (κ2) is 9.09. The zero-order valence-corrected chi connectivity index (χ0v) is 16.5. The van der Waals surface area contributed by atoms with E-state index in [0.29, 0.717) is 10.0 Å². The predicted octanol–water partition coefficient (Wildman–Crippen LogP) is 7.73. The van der Waals surface area contributed by atoms with Gasteiger partial charge in [0.1, 0.15) is 0 Å². The topological polar surface area (TPSA) is 12.4 Å². The molecule has 1 nitrogen and oxygen atoms in total. The third kappa shape index (κ3) is 5.50. The highest BCUT2D eigenvalue weighted by Gasteiger charge is 2.02. The monoisotopic (exact) mass is 397 g/mol. The number of benzene rings is 3. The van der Waals surface area contributed by atoms with Crippen molar-refractivity contribution >= 4 is 46.4 Å². The zero-order valence-electron chi connectivity index (χ0n) is 14.2. The quantitative estimate of drug-likeness (QED) is 0.316. The van der Waals surface area contributed by atoms with E-state index in [1.807, 2.05) is 60.0 Å². The average molecular weight is 398 g/mol. The molecular formula is C22H17Cl2NS. The lowest BCUT2D eigenvalue weighted by Crippen LogP contribution is -1.95. The van der Waals surface area contributed by atoms with E-state index < -0.39 is 0 Å². The van der Waals surface area contributed by atoms with Crippen molar-refractivity contribution < 1.29 is 0 Å². The predicted molar refractivity (Wildman–Crippen MR) is 115 cm³/mol. The van der Waals surface area contributed by atoms with Gasteiger partial charge in [0.2, 0.25) is 0 Å². The number of nitrogens with zero attached hydrogens (tertiary/aromatic N) is 1. The molecule has 4 heteroatoms. The van der Waals surface area contributed by atoms with Crippen LogP contribution in [0.15, 0.2) is 94.2 Å². The molecule has 0 atom stereocenters. The molecule has 0 heterocycles. The molecule has 0 saturated heterocycles. The minimum atomic E-state index is 0.666. The molecule has 130 valence electrons. The summed E-state index contributed by atoms with van der Waals surface area (Å²) in [5, 5.41) is 3.41. The summed E-state index contributed by atoms with van der Waals surface area (Å²) in [5.74, 6) is 0. The van der Waals surface area contributed by atoms with Gasteiger partial charge in [-0.2, -0.15) is 0 Å². The average Bonchev–Trinajstić information content (AvgIpc) is 2.63. The number of halogens is 2. The van der Waals surface area contributed by atoms with Crippen molar-refractivity contribution in [3.63, 3.8) is 0 Å². The van der Waals surface area contributed by atoms with Crippen LogP contribution in [0.1, 0.15) is 11.1 Å². The van der Waals surface area contributed by atoms with Crippen molar-refractivity contribution in [3.05, 3.63) is 105 Å². The molecular weight excluding hydrogens is 381 g/mol. The molecule has 0 bridgehead atoms. The van der Waals surface area contributed by atoms with Gasteiger partial charge < -0.3 is 0 Å². The second-order valence-corrected chi connectivity index (χ2v) is 7.57. The fourth-order valence-corrected chi connectivity index (χ4v) is 3.26. The van der Waals surface area contributed by atoms with Crippen molar-refractivity contribution in [2.45, 2.75) is 11.8 Å². The lowest BCUT2D eigenvalue weighted by Gasteiger charge is -2.04. The first-order chi connectivity index (χ1) is 12.6. The van der Waals surface area contributed by atoms with Gasteiger partial charge in [-0.3, -0.25) is 0 Å². The molecule has 26 heavy (non-hydrogen) atoms. The molecule has 0 fully saturated rings. The summed E-state index contributed by atoms with van der Waals surface area (Å²) in [4.78, 5) is 5.94. The van der Waals surface area contributed by atoms with E-state index >= 15 is 0 Å². The zero-order chi connectivity index (χ0) is 18.4. The number of hydrogen-bond acceptors (Lipinski definition) is 2. The summed E-state index contributed by atoms with van der Waals surface area (Å²) in [7, 11) is 0. The fraction of sp³-hybridized carbons (Fsp3) is 0.0455. The van der Waals surface area contributed by atoms with Gasteiger partial charge in [0.05, 0.1) is 11.4 Å². The molecule has 0 spiro atoms. The van der Waals surface area contributed by atoms with Crippen molar-refractivity contribution in [2.24, 2.45) is 4.99 Å².